The Bertz CT molecular complexity index is 517. The quantitative estimate of drug-likeness (QED) is 0.780. The van der Waals surface area contributed by atoms with E-state index in [0.717, 1.165) is 13.0 Å². The second kappa shape index (κ2) is 7.64. The van der Waals surface area contributed by atoms with Gasteiger partial charge in [-0.25, -0.2) is 0 Å². The second-order valence-corrected chi connectivity index (χ2v) is 5.09. The Kier molecular flexibility index (Phi) is 5.55. The van der Waals surface area contributed by atoms with E-state index in [4.69, 9.17) is 4.74 Å². The first-order valence-electron chi connectivity index (χ1n) is 6.70. The minimum absolute atomic E-state index is 0.342. The van der Waals surface area contributed by atoms with Crippen LogP contribution in [0.5, 0.6) is 6.01 Å². The summed E-state index contributed by atoms with van der Waals surface area (Å²) in [6, 6.07) is 4.43. The molecule has 0 atom stereocenters. The molecule has 2 N–H and O–H groups in total. The van der Waals surface area contributed by atoms with Gasteiger partial charge < -0.3 is 15.4 Å². The van der Waals surface area contributed by atoms with E-state index in [1.165, 1.54) is 4.88 Å². The van der Waals surface area contributed by atoms with E-state index in [-0.39, 0.29) is 0 Å². The lowest BCUT2D eigenvalue weighted by molar-refractivity contribution is 0.312. The summed E-state index contributed by atoms with van der Waals surface area (Å²) in [5.74, 6) is 1.06. The van der Waals surface area contributed by atoms with Crippen LogP contribution in [0.4, 0.5) is 11.9 Å². The van der Waals surface area contributed by atoms with Gasteiger partial charge in [0.05, 0.1) is 13.2 Å². The van der Waals surface area contributed by atoms with Gasteiger partial charge in [-0.1, -0.05) is 13.0 Å². The molecule has 0 unspecified atom stereocenters. The van der Waals surface area contributed by atoms with Crippen molar-refractivity contribution in [2.24, 2.45) is 0 Å². The second-order valence-electron chi connectivity index (χ2n) is 4.06. The van der Waals surface area contributed by atoms with Gasteiger partial charge in [-0.05, 0) is 24.8 Å². The van der Waals surface area contributed by atoms with Crippen molar-refractivity contribution in [3.63, 3.8) is 0 Å². The molecule has 0 aromatic carbocycles. The first-order valence-corrected chi connectivity index (χ1v) is 7.58. The fourth-order valence-electron chi connectivity index (χ4n) is 1.52. The molecule has 0 radical (unpaired) electrons. The molecule has 2 aromatic heterocycles. The Morgan fingerprint density at radius 3 is 2.60 bits per heavy atom. The molecule has 0 aliphatic rings. The molecule has 0 saturated carbocycles. The summed E-state index contributed by atoms with van der Waals surface area (Å²) in [7, 11) is 0. The van der Waals surface area contributed by atoms with Crippen LogP contribution in [-0.4, -0.2) is 28.1 Å². The first-order chi connectivity index (χ1) is 9.81. The molecular formula is C13H19N5OS. The van der Waals surface area contributed by atoms with Crippen molar-refractivity contribution in [2.75, 3.05) is 23.8 Å². The zero-order valence-electron chi connectivity index (χ0n) is 11.7. The number of thiophene rings is 1. The van der Waals surface area contributed by atoms with Crippen LogP contribution in [0.3, 0.4) is 0 Å². The van der Waals surface area contributed by atoms with Crippen molar-refractivity contribution in [1.82, 2.24) is 15.0 Å². The van der Waals surface area contributed by atoms with Gasteiger partial charge in [0.1, 0.15) is 0 Å². The van der Waals surface area contributed by atoms with Crippen LogP contribution in [0, 0.1) is 0 Å². The summed E-state index contributed by atoms with van der Waals surface area (Å²) in [6.07, 6.45) is 1.01. The lowest BCUT2D eigenvalue weighted by Crippen LogP contribution is -2.11. The van der Waals surface area contributed by atoms with Gasteiger partial charge in [0, 0.05) is 11.4 Å². The first kappa shape index (κ1) is 14.5. The molecule has 20 heavy (non-hydrogen) atoms. The maximum atomic E-state index is 5.36. The molecule has 6 nitrogen and oxygen atoms in total. The summed E-state index contributed by atoms with van der Waals surface area (Å²) in [6.45, 7) is 6.04. The maximum Gasteiger partial charge on any atom is 0.323 e. The lowest BCUT2D eigenvalue weighted by Gasteiger charge is -2.09. The fourth-order valence-corrected chi connectivity index (χ4v) is 2.17. The van der Waals surface area contributed by atoms with Crippen LogP contribution in [0.15, 0.2) is 17.5 Å². The van der Waals surface area contributed by atoms with E-state index in [0.29, 0.717) is 31.1 Å². The molecule has 0 bridgehead atoms. The maximum absolute atomic E-state index is 5.36. The van der Waals surface area contributed by atoms with E-state index < -0.39 is 0 Å². The molecule has 0 aliphatic heterocycles. The third-order valence-electron chi connectivity index (χ3n) is 2.42. The normalized spacial score (nSPS) is 10.3. The smallest absolute Gasteiger partial charge is 0.323 e. The third-order valence-corrected chi connectivity index (χ3v) is 3.30. The monoisotopic (exact) mass is 293 g/mol. The number of hydrogen-bond donors (Lipinski definition) is 2. The highest BCUT2D eigenvalue weighted by molar-refractivity contribution is 7.09. The van der Waals surface area contributed by atoms with Crippen molar-refractivity contribution in [2.45, 2.75) is 26.8 Å². The number of nitrogens with zero attached hydrogens (tertiary/aromatic N) is 3. The van der Waals surface area contributed by atoms with E-state index >= 15 is 0 Å². The molecule has 0 aliphatic carbocycles. The number of anilines is 2. The van der Waals surface area contributed by atoms with Gasteiger partial charge in [0.15, 0.2) is 0 Å². The topological polar surface area (TPSA) is 72.0 Å². The highest BCUT2D eigenvalue weighted by Gasteiger charge is 2.07. The van der Waals surface area contributed by atoms with Crippen molar-refractivity contribution >= 4 is 23.2 Å². The minimum Gasteiger partial charge on any atom is -0.464 e. The van der Waals surface area contributed by atoms with Gasteiger partial charge in [0.25, 0.3) is 0 Å². The van der Waals surface area contributed by atoms with Gasteiger partial charge >= 0.3 is 6.01 Å². The molecule has 2 rings (SSSR count). The van der Waals surface area contributed by atoms with Crippen LogP contribution in [0.2, 0.25) is 0 Å². The molecule has 7 heteroatoms. The van der Waals surface area contributed by atoms with E-state index in [1.54, 1.807) is 11.3 Å². The summed E-state index contributed by atoms with van der Waals surface area (Å²) >= 11 is 1.69. The Morgan fingerprint density at radius 2 is 1.95 bits per heavy atom. The Morgan fingerprint density at radius 1 is 1.15 bits per heavy atom. The molecule has 0 saturated heterocycles. The Balaban J connectivity index is 2.06. The van der Waals surface area contributed by atoms with Gasteiger partial charge in [-0.3, -0.25) is 0 Å². The summed E-state index contributed by atoms with van der Waals surface area (Å²) in [4.78, 5) is 14.0. The number of ether oxygens (including phenoxy) is 1. The van der Waals surface area contributed by atoms with Crippen LogP contribution < -0.4 is 15.4 Å². The fraction of sp³-hybridized carbons (Fsp3) is 0.462. The highest BCUT2D eigenvalue weighted by atomic mass is 32.1. The summed E-state index contributed by atoms with van der Waals surface area (Å²) in [5, 5.41) is 8.38. The highest BCUT2D eigenvalue weighted by Crippen LogP contribution is 2.14. The van der Waals surface area contributed by atoms with Crippen molar-refractivity contribution < 1.29 is 4.74 Å². The Hall–Kier alpha value is -1.89. The zero-order chi connectivity index (χ0) is 14.2. The summed E-state index contributed by atoms with van der Waals surface area (Å²) in [5.41, 5.74) is 0. The van der Waals surface area contributed by atoms with Crippen LogP contribution in [-0.2, 0) is 6.54 Å². The van der Waals surface area contributed by atoms with E-state index in [2.05, 4.69) is 38.6 Å². The van der Waals surface area contributed by atoms with Gasteiger partial charge in [-0.15, -0.1) is 11.3 Å². The molecule has 0 amide bonds. The SMILES string of the molecule is CCCNc1nc(NCc2cccs2)nc(OCC)n1. The molecule has 0 fully saturated rings. The summed E-state index contributed by atoms with van der Waals surface area (Å²) < 4.78 is 5.36. The molecule has 2 heterocycles. The van der Waals surface area contributed by atoms with Gasteiger partial charge in [-0.2, -0.15) is 15.0 Å². The third kappa shape index (κ3) is 4.34. The van der Waals surface area contributed by atoms with E-state index in [1.807, 2.05) is 18.4 Å². The van der Waals surface area contributed by atoms with E-state index in [9.17, 15) is 0 Å². The molecule has 2 aromatic rings. The average Bonchev–Trinajstić information content (AvgIpc) is 2.96. The number of hydrogen-bond acceptors (Lipinski definition) is 7. The Labute approximate surface area is 122 Å². The van der Waals surface area contributed by atoms with Crippen molar-refractivity contribution in [3.05, 3.63) is 22.4 Å². The van der Waals surface area contributed by atoms with Crippen LogP contribution in [0.1, 0.15) is 25.1 Å². The standard InChI is InChI=1S/C13H19N5OS/c1-3-7-14-11-16-12(18-13(17-11)19-4-2)15-9-10-6-5-8-20-10/h5-6,8H,3-4,7,9H2,1-2H3,(H2,14,15,16,17,18). The molecule has 108 valence electrons. The zero-order valence-corrected chi connectivity index (χ0v) is 12.5. The minimum atomic E-state index is 0.342. The largest absolute Gasteiger partial charge is 0.464 e. The molecular weight excluding hydrogens is 274 g/mol. The van der Waals surface area contributed by atoms with Gasteiger partial charge in [0.2, 0.25) is 11.9 Å². The van der Waals surface area contributed by atoms with Crippen LogP contribution in [0.25, 0.3) is 0 Å². The molecule has 0 spiro atoms. The predicted octanol–water partition coefficient (Wildman–Crippen LogP) is 2.77. The van der Waals surface area contributed by atoms with Crippen LogP contribution >= 0.6 is 11.3 Å². The average molecular weight is 293 g/mol. The number of rotatable bonds is 8. The lowest BCUT2D eigenvalue weighted by atomic mass is 10.5. The van der Waals surface area contributed by atoms with Crippen molar-refractivity contribution in [3.8, 4) is 6.01 Å². The predicted molar refractivity (Wildman–Crippen MR) is 81.4 cm³/mol. The number of nitrogens with one attached hydrogen (secondary N) is 2. The van der Waals surface area contributed by atoms with Crippen molar-refractivity contribution in [1.29, 1.82) is 0 Å². The number of aromatic nitrogens is 3.